The SMILES string of the molecule is Cl.NC(C(=O)Nc1cccc(S(=O)(=O)N2CCNC(=O)C2)c1)C1CCOCC1. The van der Waals surface area contributed by atoms with Crippen LogP contribution in [0.25, 0.3) is 0 Å². The summed E-state index contributed by atoms with van der Waals surface area (Å²) in [6.07, 6.45) is 1.44. The van der Waals surface area contributed by atoms with E-state index in [1.165, 1.54) is 12.1 Å². The minimum atomic E-state index is -3.82. The van der Waals surface area contributed by atoms with Crippen molar-refractivity contribution in [3.05, 3.63) is 24.3 Å². The first-order valence-corrected chi connectivity index (χ1v) is 10.3. The molecule has 2 saturated heterocycles. The number of benzene rings is 1. The zero-order valence-electron chi connectivity index (χ0n) is 15.3. The van der Waals surface area contributed by atoms with Crippen molar-refractivity contribution in [2.75, 3.05) is 38.2 Å². The first-order chi connectivity index (χ1) is 12.9. The Bertz CT molecular complexity index is 814. The Morgan fingerprint density at radius 2 is 2.04 bits per heavy atom. The van der Waals surface area contributed by atoms with Crippen LogP contribution in [-0.2, 0) is 24.3 Å². The Labute approximate surface area is 170 Å². The predicted octanol–water partition coefficient (Wildman–Crippen LogP) is -0.0787. The lowest BCUT2D eigenvalue weighted by Gasteiger charge is -2.27. The number of piperazine rings is 1. The molecule has 0 bridgehead atoms. The molecule has 0 saturated carbocycles. The summed E-state index contributed by atoms with van der Waals surface area (Å²) in [4.78, 5) is 23.9. The van der Waals surface area contributed by atoms with E-state index in [1.807, 2.05) is 0 Å². The summed E-state index contributed by atoms with van der Waals surface area (Å²) < 4.78 is 31.9. The van der Waals surface area contributed by atoms with Gasteiger partial charge in [0, 0.05) is 32.0 Å². The summed E-state index contributed by atoms with van der Waals surface area (Å²) in [6, 6.07) is 5.30. The number of hydrogen-bond acceptors (Lipinski definition) is 6. The van der Waals surface area contributed by atoms with Crippen molar-refractivity contribution < 1.29 is 22.7 Å². The molecule has 9 nitrogen and oxygen atoms in total. The summed E-state index contributed by atoms with van der Waals surface area (Å²) >= 11 is 0. The standard InChI is InChI=1S/C17H24N4O5S.ClH/c18-16(12-4-8-26-9-5-12)17(23)20-13-2-1-3-14(10-13)27(24,25)21-7-6-19-15(22)11-21;/h1-3,10,12,16H,4-9,11,18H2,(H,19,22)(H,20,23);1H. The third-order valence-electron chi connectivity index (χ3n) is 4.82. The molecule has 11 heteroatoms. The van der Waals surface area contributed by atoms with Gasteiger partial charge in [-0.05, 0) is 37.0 Å². The molecule has 1 unspecified atom stereocenters. The third-order valence-corrected chi connectivity index (χ3v) is 6.66. The summed E-state index contributed by atoms with van der Waals surface area (Å²) in [5, 5.41) is 5.29. The molecule has 2 aliphatic heterocycles. The fraction of sp³-hybridized carbons (Fsp3) is 0.529. The van der Waals surface area contributed by atoms with Crippen molar-refractivity contribution in [1.82, 2.24) is 9.62 Å². The molecule has 0 aliphatic carbocycles. The zero-order valence-corrected chi connectivity index (χ0v) is 16.9. The number of halogens is 1. The molecule has 2 amide bonds. The second-order valence-electron chi connectivity index (χ2n) is 6.68. The highest BCUT2D eigenvalue weighted by Crippen LogP contribution is 2.22. The second kappa shape index (κ2) is 9.66. The fourth-order valence-electron chi connectivity index (χ4n) is 3.22. The molecule has 1 aromatic rings. The van der Waals surface area contributed by atoms with Crippen LogP contribution in [0.4, 0.5) is 5.69 Å². The Hall–Kier alpha value is -1.72. The van der Waals surface area contributed by atoms with E-state index in [1.54, 1.807) is 12.1 Å². The number of rotatable bonds is 5. The Balaban J connectivity index is 0.00000280. The highest BCUT2D eigenvalue weighted by atomic mass is 35.5. The molecule has 2 aliphatic rings. The third kappa shape index (κ3) is 5.21. The molecule has 0 spiro atoms. The van der Waals surface area contributed by atoms with Crippen LogP contribution in [0, 0.1) is 5.92 Å². The maximum atomic E-state index is 12.7. The highest BCUT2D eigenvalue weighted by Gasteiger charge is 2.30. The van der Waals surface area contributed by atoms with Gasteiger partial charge in [0.1, 0.15) is 0 Å². The van der Waals surface area contributed by atoms with Gasteiger partial charge in [0.05, 0.1) is 17.5 Å². The Morgan fingerprint density at radius 1 is 1.32 bits per heavy atom. The van der Waals surface area contributed by atoms with Crippen molar-refractivity contribution in [2.45, 2.75) is 23.8 Å². The average molecular weight is 433 g/mol. The maximum Gasteiger partial charge on any atom is 0.243 e. The molecule has 2 heterocycles. The van der Waals surface area contributed by atoms with Gasteiger partial charge in [-0.25, -0.2) is 8.42 Å². The van der Waals surface area contributed by atoms with Crippen molar-refractivity contribution in [1.29, 1.82) is 0 Å². The van der Waals surface area contributed by atoms with E-state index >= 15 is 0 Å². The number of anilines is 1. The minimum Gasteiger partial charge on any atom is -0.381 e. The summed E-state index contributed by atoms with van der Waals surface area (Å²) in [5.74, 6) is -0.650. The predicted molar refractivity (Wildman–Crippen MR) is 106 cm³/mol. The fourth-order valence-corrected chi connectivity index (χ4v) is 4.66. The zero-order chi connectivity index (χ0) is 19.4. The molecular formula is C17H25ClN4O5S. The number of hydrogen-bond donors (Lipinski definition) is 3. The average Bonchev–Trinajstić information content (AvgIpc) is 2.68. The minimum absolute atomic E-state index is 0. The molecule has 0 aromatic heterocycles. The molecule has 156 valence electrons. The van der Waals surface area contributed by atoms with Gasteiger partial charge in [0.25, 0.3) is 0 Å². The number of carbonyl (C=O) groups excluding carboxylic acids is 2. The van der Waals surface area contributed by atoms with Gasteiger partial charge >= 0.3 is 0 Å². The number of nitrogens with zero attached hydrogens (tertiary/aromatic N) is 1. The van der Waals surface area contributed by atoms with E-state index in [0.717, 1.165) is 17.1 Å². The lowest BCUT2D eigenvalue weighted by Crippen LogP contribution is -2.49. The van der Waals surface area contributed by atoms with Gasteiger partial charge < -0.3 is 21.1 Å². The number of nitrogens with one attached hydrogen (secondary N) is 2. The van der Waals surface area contributed by atoms with Gasteiger partial charge in [0.2, 0.25) is 21.8 Å². The van der Waals surface area contributed by atoms with E-state index in [0.29, 0.717) is 18.9 Å². The van der Waals surface area contributed by atoms with Crippen LogP contribution < -0.4 is 16.4 Å². The number of sulfonamides is 1. The molecule has 1 aromatic carbocycles. The summed E-state index contributed by atoms with van der Waals surface area (Å²) in [5.41, 5.74) is 6.41. The van der Waals surface area contributed by atoms with Crippen LogP contribution in [0.2, 0.25) is 0 Å². The van der Waals surface area contributed by atoms with E-state index in [-0.39, 0.29) is 54.7 Å². The van der Waals surface area contributed by atoms with Crippen molar-refractivity contribution >= 4 is 39.9 Å². The highest BCUT2D eigenvalue weighted by molar-refractivity contribution is 7.89. The number of carbonyl (C=O) groups is 2. The molecule has 2 fully saturated rings. The summed E-state index contributed by atoms with van der Waals surface area (Å²) in [6.45, 7) is 1.44. The van der Waals surface area contributed by atoms with Crippen LogP contribution in [0.5, 0.6) is 0 Å². The van der Waals surface area contributed by atoms with Crippen LogP contribution in [-0.4, -0.2) is 63.4 Å². The van der Waals surface area contributed by atoms with E-state index < -0.39 is 16.1 Å². The summed E-state index contributed by atoms with van der Waals surface area (Å²) in [7, 11) is -3.82. The first-order valence-electron chi connectivity index (χ1n) is 8.89. The second-order valence-corrected chi connectivity index (χ2v) is 8.62. The van der Waals surface area contributed by atoms with Gasteiger partial charge in [-0.3, -0.25) is 9.59 Å². The number of nitrogens with two attached hydrogens (primary N) is 1. The monoisotopic (exact) mass is 432 g/mol. The van der Waals surface area contributed by atoms with Gasteiger partial charge in [-0.2, -0.15) is 4.31 Å². The molecule has 4 N–H and O–H groups in total. The topological polar surface area (TPSA) is 131 Å². The lowest BCUT2D eigenvalue weighted by atomic mass is 9.92. The molecular weight excluding hydrogens is 408 g/mol. The Kier molecular flexibility index (Phi) is 7.79. The van der Waals surface area contributed by atoms with Gasteiger partial charge in [0.15, 0.2) is 0 Å². The largest absolute Gasteiger partial charge is 0.381 e. The van der Waals surface area contributed by atoms with E-state index in [9.17, 15) is 18.0 Å². The lowest BCUT2D eigenvalue weighted by molar-refractivity contribution is -0.122. The number of amides is 2. The van der Waals surface area contributed by atoms with Crippen LogP contribution in [0.3, 0.4) is 0 Å². The van der Waals surface area contributed by atoms with Gasteiger partial charge in [-0.15, -0.1) is 12.4 Å². The van der Waals surface area contributed by atoms with Crippen molar-refractivity contribution in [2.24, 2.45) is 11.7 Å². The molecule has 0 radical (unpaired) electrons. The normalized spacial score (nSPS) is 20.0. The van der Waals surface area contributed by atoms with Crippen molar-refractivity contribution in [3.63, 3.8) is 0 Å². The quantitative estimate of drug-likeness (QED) is 0.596. The Morgan fingerprint density at radius 3 is 2.71 bits per heavy atom. The van der Waals surface area contributed by atoms with E-state index in [2.05, 4.69) is 10.6 Å². The molecule has 28 heavy (non-hydrogen) atoms. The maximum absolute atomic E-state index is 12.7. The van der Waals surface area contributed by atoms with Crippen molar-refractivity contribution in [3.8, 4) is 0 Å². The smallest absolute Gasteiger partial charge is 0.243 e. The van der Waals surface area contributed by atoms with E-state index in [4.69, 9.17) is 10.5 Å². The first kappa shape index (κ1) is 22.6. The van der Waals surface area contributed by atoms with Gasteiger partial charge in [-0.1, -0.05) is 6.07 Å². The van der Waals surface area contributed by atoms with Crippen LogP contribution >= 0.6 is 12.4 Å². The molecule has 3 rings (SSSR count). The van der Waals surface area contributed by atoms with Crippen LogP contribution in [0.1, 0.15) is 12.8 Å². The number of ether oxygens (including phenoxy) is 1. The van der Waals surface area contributed by atoms with Crippen LogP contribution in [0.15, 0.2) is 29.2 Å². The molecule has 1 atom stereocenters.